The lowest BCUT2D eigenvalue weighted by atomic mass is 9.75. The SMILES string of the molecule is CCc1cc(C)cc(CC)c1C1=C(C)CC(C2CCCO2)CC1=O. The molecule has 0 aromatic heterocycles. The van der Waals surface area contributed by atoms with Gasteiger partial charge in [-0.15, -0.1) is 0 Å². The Morgan fingerprint density at radius 3 is 2.25 bits per heavy atom. The quantitative estimate of drug-likeness (QED) is 0.774. The van der Waals surface area contributed by atoms with E-state index in [4.69, 9.17) is 4.74 Å². The highest BCUT2D eigenvalue weighted by molar-refractivity contribution is 6.23. The van der Waals surface area contributed by atoms with Gasteiger partial charge in [-0.25, -0.2) is 0 Å². The van der Waals surface area contributed by atoms with Gasteiger partial charge < -0.3 is 4.74 Å². The van der Waals surface area contributed by atoms with Crippen molar-refractivity contribution in [3.05, 3.63) is 40.0 Å². The van der Waals surface area contributed by atoms with E-state index in [9.17, 15) is 4.79 Å². The van der Waals surface area contributed by atoms with Crippen LogP contribution in [0.4, 0.5) is 0 Å². The average Bonchev–Trinajstić information content (AvgIpc) is 3.09. The Bertz CT molecular complexity index is 638. The first kappa shape index (κ1) is 17.4. The van der Waals surface area contributed by atoms with Crippen LogP contribution in [-0.4, -0.2) is 18.5 Å². The second-order valence-electron chi connectivity index (χ2n) is 7.46. The molecule has 3 rings (SSSR count). The Morgan fingerprint density at radius 1 is 1.08 bits per heavy atom. The van der Waals surface area contributed by atoms with Crippen LogP contribution in [0, 0.1) is 12.8 Å². The normalized spacial score (nSPS) is 24.8. The molecule has 1 aromatic rings. The van der Waals surface area contributed by atoms with Crippen LogP contribution in [-0.2, 0) is 22.4 Å². The summed E-state index contributed by atoms with van der Waals surface area (Å²) in [5.74, 6) is 0.705. The van der Waals surface area contributed by atoms with Crippen LogP contribution in [0.15, 0.2) is 17.7 Å². The minimum atomic E-state index is 0.291. The summed E-state index contributed by atoms with van der Waals surface area (Å²) in [6.07, 6.45) is 6.16. The van der Waals surface area contributed by atoms with E-state index in [2.05, 4.69) is 39.8 Å². The first-order valence-corrected chi connectivity index (χ1v) is 9.52. The Balaban J connectivity index is 2.02. The van der Waals surface area contributed by atoms with E-state index in [0.717, 1.165) is 44.3 Å². The highest BCUT2D eigenvalue weighted by atomic mass is 16.5. The first-order valence-electron chi connectivity index (χ1n) is 9.52. The zero-order valence-electron chi connectivity index (χ0n) is 15.6. The van der Waals surface area contributed by atoms with Crippen molar-refractivity contribution in [1.82, 2.24) is 0 Å². The van der Waals surface area contributed by atoms with Crippen molar-refractivity contribution >= 4 is 11.4 Å². The molecule has 1 fully saturated rings. The van der Waals surface area contributed by atoms with Crippen molar-refractivity contribution in [3.63, 3.8) is 0 Å². The van der Waals surface area contributed by atoms with Crippen LogP contribution in [0.1, 0.15) is 68.7 Å². The maximum absolute atomic E-state index is 13.1. The molecule has 24 heavy (non-hydrogen) atoms. The van der Waals surface area contributed by atoms with Crippen molar-refractivity contribution in [2.24, 2.45) is 5.92 Å². The van der Waals surface area contributed by atoms with Gasteiger partial charge in [0.05, 0.1) is 6.10 Å². The number of ether oxygens (including phenoxy) is 1. The minimum Gasteiger partial charge on any atom is -0.378 e. The molecule has 1 aromatic carbocycles. The van der Waals surface area contributed by atoms with E-state index in [1.54, 1.807) is 0 Å². The van der Waals surface area contributed by atoms with E-state index >= 15 is 0 Å². The van der Waals surface area contributed by atoms with Gasteiger partial charge in [-0.2, -0.15) is 0 Å². The summed E-state index contributed by atoms with van der Waals surface area (Å²) in [5.41, 5.74) is 7.46. The second-order valence-corrected chi connectivity index (χ2v) is 7.46. The standard InChI is InChI=1S/C22H30O2/c1-5-16-10-14(3)11-17(6-2)22(16)21-15(4)12-18(13-19(21)23)20-8-7-9-24-20/h10-11,18,20H,5-9,12-13H2,1-4H3. The molecule has 2 atom stereocenters. The summed E-state index contributed by atoms with van der Waals surface area (Å²) in [6, 6.07) is 4.52. The third-order valence-corrected chi connectivity index (χ3v) is 5.67. The number of hydrogen-bond donors (Lipinski definition) is 0. The second kappa shape index (κ2) is 7.23. The summed E-state index contributed by atoms with van der Waals surface area (Å²) < 4.78 is 5.86. The number of Topliss-reactive ketones (excluding diaryl/α,β-unsaturated/α-hetero) is 1. The molecule has 1 aliphatic carbocycles. The molecule has 2 aliphatic rings. The van der Waals surface area contributed by atoms with Gasteiger partial charge in [-0.05, 0) is 68.6 Å². The number of ketones is 1. The summed E-state index contributed by atoms with van der Waals surface area (Å²) in [7, 11) is 0. The van der Waals surface area contributed by atoms with Gasteiger partial charge >= 0.3 is 0 Å². The van der Waals surface area contributed by atoms with E-state index in [0.29, 0.717) is 24.2 Å². The fourth-order valence-corrected chi connectivity index (χ4v) is 4.56. The van der Waals surface area contributed by atoms with Crippen molar-refractivity contribution in [3.8, 4) is 0 Å². The van der Waals surface area contributed by atoms with Crippen LogP contribution in [0.5, 0.6) is 0 Å². The van der Waals surface area contributed by atoms with Crippen LogP contribution < -0.4 is 0 Å². The van der Waals surface area contributed by atoms with E-state index in [-0.39, 0.29) is 0 Å². The number of carbonyl (C=O) groups excluding carboxylic acids is 1. The molecular formula is C22H30O2. The zero-order valence-corrected chi connectivity index (χ0v) is 15.6. The van der Waals surface area contributed by atoms with Crippen molar-refractivity contribution in [2.45, 2.75) is 72.3 Å². The van der Waals surface area contributed by atoms with E-state index < -0.39 is 0 Å². The maximum atomic E-state index is 13.1. The van der Waals surface area contributed by atoms with Gasteiger partial charge in [0.2, 0.25) is 0 Å². The third kappa shape index (κ3) is 3.21. The lowest BCUT2D eigenvalue weighted by molar-refractivity contribution is -0.116. The lowest BCUT2D eigenvalue weighted by Crippen LogP contribution is -2.28. The van der Waals surface area contributed by atoms with Crippen molar-refractivity contribution in [1.29, 1.82) is 0 Å². The molecule has 0 amide bonds. The monoisotopic (exact) mass is 326 g/mol. The molecule has 130 valence electrons. The molecule has 1 aliphatic heterocycles. The minimum absolute atomic E-state index is 0.291. The Morgan fingerprint density at radius 2 is 1.75 bits per heavy atom. The average molecular weight is 326 g/mol. The number of benzene rings is 1. The fraction of sp³-hybridized carbons (Fsp3) is 0.591. The number of allylic oxidation sites excluding steroid dienone is 2. The summed E-state index contributed by atoms with van der Waals surface area (Å²) in [6.45, 7) is 9.56. The van der Waals surface area contributed by atoms with Crippen LogP contribution in [0.3, 0.4) is 0 Å². The molecule has 0 spiro atoms. The summed E-state index contributed by atoms with van der Waals surface area (Å²) >= 11 is 0. The van der Waals surface area contributed by atoms with Gasteiger partial charge in [0.1, 0.15) is 0 Å². The third-order valence-electron chi connectivity index (χ3n) is 5.67. The highest BCUT2D eigenvalue weighted by Gasteiger charge is 2.34. The van der Waals surface area contributed by atoms with Gasteiger partial charge in [-0.3, -0.25) is 4.79 Å². The Kier molecular flexibility index (Phi) is 5.24. The topological polar surface area (TPSA) is 26.3 Å². The fourth-order valence-electron chi connectivity index (χ4n) is 4.56. The number of hydrogen-bond acceptors (Lipinski definition) is 2. The predicted octanol–water partition coefficient (Wildman–Crippen LogP) is 5.05. The molecule has 1 heterocycles. The smallest absolute Gasteiger partial charge is 0.163 e. The largest absolute Gasteiger partial charge is 0.378 e. The summed E-state index contributed by atoms with van der Waals surface area (Å²) in [5, 5.41) is 0. The number of rotatable bonds is 4. The number of aryl methyl sites for hydroxylation is 3. The Hall–Kier alpha value is -1.41. The first-order chi connectivity index (χ1) is 11.5. The van der Waals surface area contributed by atoms with Crippen LogP contribution in [0.2, 0.25) is 0 Å². The Labute approximate surface area is 146 Å². The molecule has 2 nitrogen and oxygen atoms in total. The van der Waals surface area contributed by atoms with Gasteiger partial charge in [0, 0.05) is 18.6 Å². The van der Waals surface area contributed by atoms with Crippen molar-refractivity contribution < 1.29 is 9.53 Å². The van der Waals surface area contributed by atoms with Crippen molar-refractivity contribution in [2.75, 3.05) is 6.61 Å². The molecule has 0 saturated carbocycles. The molecule has 0 radical (unpaired) electrons. The van der Waals surface area contributed by atoms with Crippen LogP contribution >= 0.6 is 0 Å². The summed E-state index contributed by atoms with van der Waals surface area (Å²) in [4.78, 5) is 13.1. The molecule has 2 heteroatoms. The maximum Gasteiger partial charge on any atom is 0.163 e. The van der Waals surface area contributed by atoms with Gasteiger partial charge in [0.25, 0.3) is 0 Å². The van der Waals surface area contributed by atoms with Gasteiger partial charge in [-0.1, -0.05) is 37.1 Å². The molecule has 0 N–H and O–H groups in total. The molecular weight excluding hydrogens is 296 g/mol. The van der Waals surface area contributed by atoms with E-state index in [1.807, 2.05) is 0 Å². The highest BCUT2D eigenvalue weighted by Crippen LogP contribution is 2.40. The zero-order chi connectivity index (χ0) is 17.3. The van der Waals surface area contributed by atoms with Gasteiger partial charge in [0.15, 0.2) is 5.78 Å². The molecule has 2 unspecified atom stereocenters. The molecule has 1 saturated heterocycles. The van der Waals surface area contributed by atoms with E-state index in [1.165, 1.54) is 27.8 Å². The van der Waals surface area contributed by atoms with Crippen LogP contribution in [0.25, 0.3) is 5.57 Å². The predicted molar refractivity (Wildman–Crippen MR) is 99.2 cm³/mol. The molecule has 0 bridgehead atoms. The number of carbonyl (C=O) groups is 1. The lowest BCUT2D eigenvalue weighted by Gasteiger charge is -2.30.